The molecular weight excluding hydrogens is 409 g/mol. The summed E-state index contributed by atoms with van der Waals surface area (Å²) >= 11 is 0. The van der Waals surface area contributed by atoms with Crippen LogP contribution in [0.2, 0.25) is 0 Å². The number of aliphatic imine (C=N–C) groups is 1. The van der Waals surface area contributed by atoms with Gasteiger partial charge in [0.1, 0.15) is 11.6 Å². The summed E-state index contributed by atoms with van der Waals surface area (Å²) in [6.07, 6.45) is 0.0895. The lowest BCUT2D eigenvalue weighted by molar-refractivity contribution is -0.120. The van der Waals surface area contributed by atoms with Crippen molar-refractivity contribution in [3.8, 4) is 5.75 Å². The molecule has 0 aliphatic rings. The molecule has 0 fully saturated rings. The fourth-order valence-corrected chi connectivity index (χ4v) is 2.83. The first-order valence-corrected chi connectivity index (χ1v) is 9.95. The highest BCUT2D eigenvalue weighted by Crippen LogP contribution is 2.22. The number of benzene rings is 2. The first-order valence-electron chi connectivity index (χ1n) is 9.95. The van der Waals surface area contributed by atoms with E-state index in [4.69, 9.17) is 0 Å². The summed E-state index contributed by atoms with van der Waals surface area (Å²) in [6.45, 7) is 2.33. The lowest BCUT2D eigenvalue weighted by Crippen LogP contribution is -2.41. The van der Waals surface area contributed by atoms with E-state index in [0.717, 1.165) is 5.56 Å². The third kappa shape index (κ3) is 8.98. The number of ether oxygens (including phenoxy) is 1. The zero-order valence-electron chi connectivity index (χ0n) is 17.6. The number of guanidine groups is 1. The van der Waals surface area contributed by atoms with Crippen LogP contribution in [0.1, 0.15) is 23.6 Å². The van der Waals surface area contributed by atoms with Gasteiger partial charge < -0.3 is 20.7 Å². The van der Waals surface area contributed by atoms with Crippen LogP contribution in [0.15, 0.2) is 47.5 Å². The first-order chi connectivity index (χ1) is 14.9. The maximum absolute atomic E-state index is 13.2. The lowest BCUT2D eigenvalue weighted by atomic mass is 10.1. The highest BCUT2D eigenvalue weighted by atomic mass is 19.3. The van der Waals surface area contributed by atoms with Gasteiger partial charge in [-0.1, -0.05) is 29.8 Å². The number of nitrogens with zero attached hydrogens (tertiary/aromatic N) is 1. The number of hydrogen-bond acceptors (Lipinski definition) is 3. The summed E-state index contributed by atoms with van der Waals surface area (Å²) in [5, 5.41) is 8.88. The Balaban J connectivity index is 1.86. The third-order valence-corrected chi connectivity index (χ3v) is 4.18. The molecule has 0 aliphatic carbocycles. The quantitative estimate of drug-likeness (QED) is 0.304. The van der Waals surface area contributed by atoms with Crippen molar-refractivity contribution in [3.05, 3.63) is 65.0 Å². The number of carbonyl (C=O) groups is 1. The third-order valence-electron chi connectivity index (χ3n) is 4.18. The van der Waals surface area contributed by atoms with Gasteiger partial charge in [0.05, 0.1) is 13.0 Å². The van der Waals surface area contributed by atoms with Crippen LogP contribution >= 0.6 is 0 Å². The van der Waals surface area contributed by atoms with E-state index < -0.39 is 6.61 Å². The van der Waals surface area contributed by atoms with Crippen molar-refractivity contribution >= 4 is 11.9 Å². The maximum Gasteiger partial charge on any atom is 0.387 e. The summed E-state index contributed by atoms with van der Waals surface area (Å²) in [5.74, 6) is -0.0340. The molecule has 2 aromatic rings. The molecule has 0 spiro atoms. The molecule has 6 nitrogen and oxygen atoms in total. The molecule has 2 rings (SSSR count). The number of carbonyl (C=O) groups excluding carboxylic acids is 1. The number of rotatable bonds is 10. The van der Waals surface area contributed by atoms with E-state index in [1.165, 1.54) is 18.2 Å². The molecule has 9 heteroatoms. The van der Waals surface area contributed by atoms with Crippen molar-refractivity contribution in [2.45, 2.75) is 33.4 Å². The fraction of sp³-hybridized carbons (Fsp3) is 0.364. The van der Waals surface area contributed by atoms with Gasteiger partial charge in [-0.3, -0.25) is 4.79 Å². The summed E-state index contributed by atoms with van der Waals surface area (Å²) in [6, 6.07) is 10.8. The Morgan fingerprint density at radius 2 is 1.87 bits per heavy atom. The fourth-order valence-electron chi connectivity index (χ4n) is 2.83. The van der Waals surface area contributed by atoms with Gasteiger partial charge in [0.25, 0.3) is 0 Å². The Labute approximate surface area is 179 Å². The Bertz CT molecular complexity index is 891. The normalized spacial score (nSPS) is 11.4. The molecule has 0 unspecified atom stereocenters. The first kappa shape index (κ1) is 24.0. The Kier molecular flexibility index (Phi) is 9.67. The molecule has 0 saturated heterocycles. The minimum absolute atomic E-state index is 0.0878. The van der Waals surface area contributed by atoms with Crippen molar-refractivity contribution < 1.29 is 22.7 Å². The van der Waals surface area contributed by atoms with E-state index >= 15 is 0 Å². The zero-order chi connectivity index (χ0) is 22.6. The summed E-state index contributed by atoms with van der Waals surface area (Å²) < 4.78 is 43.0. The molecule has 31 heavy (non-hydrogen) atoms. The smallest absolute Gasteiger partial charge is 0.387 e. The Morgan fingerprint density at radius 1 is 1.10 bits per heavy atom. The molecular formula is C22H27F3N4O2. The van der Waals surface area contributed by atoms with Crippen molar-refractivity contribution in [2.75, 3.05) is 19.6 Å². The van der Waals surface area contributed by atoms with Gasteiger partial charge in [-0.25, -0.2) is 9.38 Å². The van der Waals surface area contributed by atoms with Crippen LogP contribution in [0.5, 0.6) is 5.75 Å². The average molecular weight is 436 g/mol. The van der Waals surface area contributed by atoms with Crippen LogP contribution in [0.4, 0.5) is 13.2 Å². The molecule has 0 aliphatic heterocycles. The van der Waals surface area contributed by atoms with Gasteiger partial charge in [-0.15, -0.1) is 0 Å². The van der Waals surface area contributed by atoms with E-state index in [0.29, 0.717) is 36.7 Å². The van der Waals surface area contributed by atoms with Crippen LogP contribution in [0.25, 0.3) is 0 Å². The van der Waals surface area contributed by atoms with Crippen molar-refractivity contribution in [1.82, 2.24) is 16.0 Å². The summed E-state index contributed by atoms with van der Waals surface area (Å²) in [7, 11) is 0. The van der Waals surface area contributed by atoms with Crippen molar-refractivity contribution in [2.24, 2.45) is 4.99 Å². The van der Waals surface area contributed by atoms with Crippen molar-refractivity contribution in [3.63, 3.8) is 0 Å². The zero-order valence-corrected chi connectivity index (χ0v) is 17.6. The van der Waals surface area contributed by atoms with Gasteiger partial charge in [0.15, 0.2) is 5.96 Å². The Hall–Kier alpha value is -3.23. The minimum atomic E-state index is -2.91. The summed E-state index contributed by atoms with van der Waals surface area (Å²) in [5.41, 5.74) is 2.05. The monoisotopic (exact) mass is 436 g/mol. The van der Waals surface area contributed by atoms with E-state index in [-0.39, 0.29) is 30.4 Å². The number of aryl methyl sites for hydroxylation is 1. The van der Waals surface area contributed by atoms with E-state index in [9.17, 15) is 18.0 Å². The number of hydrogen-bond donors (Lipinski definition) is 3. The topological polar surface area (TPSA) is 74.8 Å². The van der Waals surface area contributed by atoms with Gasteiger partial charge >= 0.3 is 6.61 Å². The highest BCUT2D eigenvalue weighted by molar-refractivity contribution is 5.80. The molecule has 0 aromatic heterocycles. The van der Waals surface area contributed by atoms with Crippen LogP contribution in [-0.2, 0) is 17.8 Å². The van der Waals surface area contributed by atoms with Crippen LogP contribution in [-0.4, -0.2) is 38.1 Å². The van der Waals surface area contributed by atoms with Gasteiger partial charge in [0.2, 0.25) is 5.91 Å². The second kappa shape index (κ2) is 12.5. The molecule has 3 N–H and O–H groups in total. The largest absolute Gasteiger partial charge is 0.434 e. The lowest BCUT2D eigenvalue weighted by Gasteiger charge is -2.13. The predicted molar refractivity (Wildman–Crippen MR) is 114 cm³/mol. The molecule has 1 amide bonds. The van der Waals surface area contributed by atoms with Gasteiger partial charge in [-0.2, -0.15) is 8.78 Å². The van der Waals surface area contributed by atoms with Gasteiger partial charge in [-0.05, 0) is 37.6 Å². The minimum Gasteiger partial charge on any atom is -0.434 e. The molecule has 0 saturated carbocycles. The number of amides is 1. The summed E-state index contributed by atoms with van der Waals surface area (Å²) in [4.78, 5) is 16.4. The van der Waals surface area contributed by atoms with E-state index in [1.54, 1.807) is 24.3 Å². The van der Waals surface area contributed by atoms with E-state index in [2.05, 4.69) is 25.7 Å². The van der Waals surface area contributed by atoms with Crippen LogP contribution in [0.3, 0.4) is 0 Å². The molecule has 168 valence electrons. The standard InChI is InChI=1S/C22H27F3N4O2/c1-3-26-22(29-14-17-11-15(2)7-8-19(17)31-21(24)25)28-10-9-27-20(30)13-16-5-4-6-18(23)12-16/h4-8,11-12,21H,3,9-10,13-14H2,1-2H3,(H,27,30)(H2,26,28,29). The molecule has 0 atom stereocenters. The molecule has 0 heterocycles. The molecule has 2 aromatic carbocycles. The van der Waals surface area contributed by atoms with Crippen LogP contribution in [0, 0.1) is 12.7 Å². The van der Waals surface area contributed by atoms with Crippen molar-refractivity contribution in [1.29, 1.82) is 0 Å². The Morgan fingerprint density at radius 3 is 2.58 bits per heavy atom. The SMILES string of the molecule is CCNC(=NCc1cc(C)ccc1OC(F)F)NCCNC(=O)Cc1cccc(F)c1. The number of nitrogens with one attached hydrogen (secondary N) is 3. The molecule has 0 bridgehead atoms. The average Bonchev–Trinajstić information content (AvgIpc) is 2.70. The highest BCUT2D eigenvalue weighted by Gasteiger charge is 2.10. The van der Waals surface area contributed by atoms with Gasteiger partial charge in [0, 0.05) is 25.2 Å². The number of alkyl halides is 2. The number of halogens is 3. The molecule has 0 radical (unpaired) electrons. The van der Waals surface area contributed by atoms with Crippen LogP contribution < -0.4 is 20.7 Å². The maximum atomic E-state index is 13.2. The second-order valence-corrected chi connectivity index (χ2v) is 6.77. The predicted octanol–water partition coefficient (Wildman–Crippen LogP) is 3.15. The van der Waals surface area contributed by atoms with E-state index in [1.807, 2.05) is 13.8 Å². The second-order valence-electron chi connectivity index (χ2n) is 6.77.